The number of hydrogen-bond donors (Lipinski definition) is 0. The second-order valence-corrected chi connectivity index (χ2v) is 5.05. The van der Waals surface area contributed by atoms with E-state index in [0.29, 0.717) is 48.2 Å². The maximum absolute atomic E-state index is 12.1. The van der Waals surface area contributed by atoms with Crippen LogP contribution in [0.1, 0.15) is 36.7 Å². The number of carbonyl (C=O) groups is 1. The van der Waals surface area contributed by atoms with Crippen LogP contribution in [0.3, 0.4) is 0 Å². The number of rotatable bonds is 7. The quantitative estimate of drug-likeness (QED) is 0.563. The van der Waals surface area contributed by atoms with Crippen LogP contribution < -0.4 is 14.2 Å². The van der Waals surface area contributed by atoms with E-state index in [1.807, 2.05) is 39.0 Å². The molecule has 0 aromatic heterocycles. The molecular formula is C21H22O4. The molecule has 0 unspecified atom stereocenters. The van der Waals surface area contributed by atoms with E-state index in [0.717, 1.165) is 0 Å². The summed E-state index contributed by atoms with van der Waals surface area (Å²) < 4.78 is 17.0. The highest BCUT2D eigenvalue weighted by atomic mass is 16.5. The van der Waals surface area contributed by atoms with Gasteiger partial charge in [0.05, 0.1) is 19.8 Å². The Kier molecular flexibility index (Phi) is 6.91. The molecule has 0 heterocycles. The average molecular weight is 338 g/mol. The Balaban J connectivity index is 2.38. The summed E-state index contributed by atoms with van der Waals surface area (Å²) in [5.74, 6) is 7.01. The van der Waals surface area contributed by atoms with E-state index in [-0.39, 0.29) is 5.78 Å². The first-order chi connectivity index (χ1) is 12.2. The Morgan fingerprint density at radius 3 is 1.96 bits per heavy atom. The van der Waals surface area contributed by atoms with Gasteiger partial charge >= 0.3 is 0 Å². The normalized spacial score (nSPS) is 9.72. The molecule has 0 N–H and O–H groups in total. The molecule has 4 heteroatoms. The number of carbonyl (C=O) groups excluding carboxylic acids is 1. The average Bonchev–Trinajstić information content (AvgIpc) is 2.63. The third kappa shape index (κ3) is 5.02. The molecule has 4 nitrogen and oxygen atoms in total. The van der Waals surface area contributed by atoms with Crippen LogP contribution in [0.15, 0.2) is 42.5 Å². The van der Waals surface area contributed by atoms with Crippen LogP contribution >= 0.6 is 0 Å². The number of Topliss-reactive ketones (excluding diaryl/α,β-unsaturated/α-hetero) is 1. The van der Waals surface area contributed by atoms with Crippen LogP contribution in [0.25, 0.3) is 0 Å². The van der Waals surface area contributed by atoms with E-state index in [4.69, 9.17) is 14.2 Å². The van der Waals surface area contributed by atoms with Crippen LogP contribution in [-0.4, -0.2) is 25.6 Å². The molecule has 0 amide bonds. The zero-order valence-electron chi connectivity index (χ0n) is 14.8. The third-order valence-electron chi connectivity index (χ3n) is 3.27. The molecule has 2 rings (SSSR count). The van der Waals surface area contributed by atoms with Crippen LogP contribution in [0.5, 0.6) is 17.2 Å². The van der Waals surface area contributed by atoms with Crippen molar-refractivity contribution in [3.05, 3.63) is 53.6 Å². The summed E-state index contributed by atoms with van der Waals surface area (Å²) in [4.78, 5) is 12.1. The summed E-state index contributed by atoms with van der Waals surface area (Å²) in [6, 6.07) is 12.5. The van der Waals surface area contributed by atoms with Crippen molar-refractivity contribution in [1.82, 2.24) is 0 Å². The minimum absolute atomic E-state index is 0.231. The van der Waals surface area contributed by atoms with Crippen molar-refractivity contribution in [1.29, 1.82) is 0 Å². The molecule has 0 saturated carbocycles. The van der Waals surface area contributed by atoms with E-state index < -0.39 is 0 Å². The van der Waals surface area contributed by atoms with Crippen molar-refractivity contribution >= 4 is 5.78 Å². The van der Waals surface area contributed by atoms with Crippen LogP contribution in [-0.2, 0) is 0 Å². The molecule has 0 aliphatic heterocycles. The Morgan fingerprint density at radius 1 is 0.880 bits per heavy atom. The monoisotopic (exact) mass is 338 g/mol. The van der Waals surface area contributed by atoms with Crippen molar-refractivity contribution in [3.63, 3.8) is 0 Å². The highest BCUT2D eigenvalue weighted by molar-refractivity contribution is 6.09. The maximum atomic E-state index is 12.1. The first kappa shape index (κ1) is 18.4. The van der Waals surface area contributed by atoms with Crippen molar-refractivity contribution in [2.75, 3.05) is 19.8 Å². The van der Waals surface area contributed by atoms with E-state index in [9.17, 15) is 4.79 Å². The number of hydrogen-bond acceptors (Lipinski definition) is 4. The van der Waals surface area contributed by atoms with Gasteiger partial charge in [-0.25, -0.2) is 0 Å². The second-order valence-electron chi connectivity index (χ2n) is 5.05. The summed E-state index contributed by atoms with van der Waals surface area (Å²) in [6.07, 6.45) is 0. The van der Waals surface area contributed by atoms with Crippen LogP contribution in [0, 0.1) is 11.8 Å². The van der Waals surface area contributed by atoms with Gasteiger partial charge in [0.15, 0.2) is 11.5 Å². The lowest BCUT2D eigenvalue weighted by Crippen LogP contribution is -2.03. The summed E-state index contributed by atoms with van der Waals surface area (Å²) >= 11 is 0. The lowest BCUT2D eigenvalue weighted by molar-refractivity contribution is 0.105. The summed E-state index contributed by atoms with van der Waals surface area (Å²) in [5, 5.41) is 0. The number of ether oxygens (including phenoxy) is 3. The third-order valence-corrected chi connectivity index (χ3v) is 3.27. The van der Waals surface area contributed by atoms with Gasteiger partial charge in [-0.1, -0.05) is 36.3 Å². The molecule has 0 atom stereocenters. The fourth-order valence-corrected chi connectivity index (χ4v) is 2.25. The topological polar surface area (TPSA) is 44.8 Å². The smallest absolute Gasteiger partial charge is 0.236 e. The molecule has 0 spiro atoms. The van der Waals surface area contributed by atoms with E-state index in [2.05, 4.69) is 11.8 Å². The minimum Gasteiger partial charge on any atom is -0.490 e. The van der Waals surface area contributed by atoms with Gasteiger partial charge in [-0.2, -0.15) is 0 Å². The van der Waals surface area contributed by atoms with Crippen LogP contribution in [0.2, 0.25) is 0 Å². The molecule has 0 bridgehead atoms. The van der Waals surface area contributed by atoms with Gasteiger partial charge in [-0.3, -0.25) is 4.79 Å². The molecule has 25 heavy (non-hydrogen) atoms. The van der Waals surface area contributed by atoms with Crippen LogP contribution in [0.4, 0.5) is 0 Å². The van der Waals surface area contributed by atoms with Gasteiger partial charge in [0.25, 0.3) is 0 Å². The molecular weight excluding hydrogens is 316 g/mol. The Labute approximate surface area is 148 Å². The molecule has 2 aromatic rings. The van der Waals surface area contributed by atoms with Crippen molar-refractivity contribution in [2.45, 2.75) is 20.8 Å². The largest absolute Gasteiger partial charge is 0.490 e. The first-order valence-corrected chi connectivity index (χ1v) is 8.37. The van der Waals surface area contributed by atoms with Gasteiger partial charge in [-0.05, 0) is 38.8 Å². The molecule has 0 aliphatic carbocycles. The molecule has 0 aliphatic rings. The Bertz CT molecular complexity index is 742. The van der Waals surface area contributed by atoms with Crippen molar-refractivity contribution in [2.24, 2.45) is 0 Å². The first-order valence-electron chi connectivity index (χ1n) is 8.37. The van der Waals surface area contributed by atoms with E-state index >= 15 is 0 Å². The number of ketones is 1. The Hall–Kier alpha value is -2.93. The molecule has 0 radical (unpaired) electrons. The SMILES string of the molecule is CCOc1cc(C#CC(=O)c2ccccc2)cc(OCC)c1OCC. The fourth-order valence-electron chi connectivity index (χ4n) is 2.25. The molecule has 2 aromatic carbocycles. The Morgan fingerprint density at radius 2 is 1.44 bits per heavy atom. The number of benzene rings is 2. The standard InChI is InChI=1S/C21H22O4/c1-4-23-19-14-16(15-20(24-5-2)21(19)25-6-3)12-13-18(22)17-10-8-7-9-11-17/h7-11,14-15H,4-6H2,1-3H3. The highest BCUT2D eigenvalue weighted by Gasteiger charge is 2.14. The van der Waals surface area contributed by atoms with Gasteiger partial charge < -0.3 is 14.2 Å². The van der Waals surface area contributed by atoms with Gasteiger partial charge in [0, 0.05) is 11.1 Å². The fraction of sp³-hybridized carbons (Fsp3) is 0.286. The zero-order chi connectivity index (χ0) is 18.1. The highest BCUT2D eigenvalue weighted by Crippen LogP contribution is 2.38. The summed E-state index contributed by atoms with van der Waals surface area (Å²) in [6.45, 7) is 7.17. The van der Waals surface area contributed by atoms with Gasteiger partial charge in [0.1, 0.15) is 0 Å². The molecule has 0 fully saturated rings. The van der Waals surface area contributed by atoms with Gasteiger partial charge in [0.2, 0.25) is 11.5 Å². The van der Waals surface area contributed by atoms with E-state index in [1.165, 1.54) is 0 Å². The summed E-state index contributed by atoms with van der Waals surface area (Å²) in [7, 11) is 0. The second kappa shape index (κ2) is 9.39. The minimum atomic E-state index is -0.231. The predicted molar refractivity (Wildman–Crippen MR) is 97.6 cm³/mol. The summed E-state index contributed by atoms with van der Waals surface area (Å²) in [5.41, 5.74) is 1.20. The predicted octanol–water partition coefficient (Wildman–Crippen LogP) is 4.12. The van der Waals surface area contributed by atoms with Crippen molar-refractivity contribution < 1.29 is 19.0 Å². The lowest BCUT2D eigenvalue weighted by Gasteiger charge is -2.15. The van der Waals surface area contributed by atoms with E-state index in [1.54, 1.807) is 24.3 Å². The molecule has 0 saturated heterocycles. The van der Waals surface area contributed by atoms with Gasteiger partial charge in [-0.15, -0.1) is 0 Å². The molecule has 130 valence electrons. The zero-order valence-corrected chi connectivity index (χ0v) is 14.8. The maximum Gasteiger partial charge on any atom is 0.236 e. The van der Waals surface area contributed by atoms with Crippen molar-refractivity contribution in [3.8, 4) is 29.1 Å². The lowest BCUT2D eigenvalue weighted by atomic mass is 10.1.